The molecule has 0 saturated carbocycles. The van der Waals surface area contributed by atoms with E-state index in [0.29, 0.717) is 36.7 Å². The molecule has 0 aliphatic carbocycles. The first-order valence-corrected chi connectivity index (χ1v) is 10.3. The Hall–Kier alpha value is -2.94. The van der Waals surface area contributed by atoms with E-state index in [9.17, 15) is 19.2 Å². The molecule has 0 aromatic heterocycles. The summed E-state index contributed by atoms with van der Waals surface area (Å²) in [5, 5.41) is 2.23. The highest BCUT2D eigenvalue weighted by Crippen LogP contribution is 2.49. The second kappa shape index (κ2) is 6.53. The van der Waals surface area contributed by atoms with Crippen molar-refractivity contribution in [3.63, 3.8) is 0 Å². The highest BCUT2D eigenvalue weighted by molar-refractivity contribution is 6.12. The number of hydrogen-bond acceptors (Lipinski definition) is 5. The molecule has 1 aromatic carbocycles. The van der Waals surface area contributed by atoms with Crippen LogP contribution in [0.25, 0.3) is 0 Å². The summed E-state index contributed by atoms with van der Waals surface area (Å²) in [5.74, 6) is -0.168. The van der Waals surface area contributed by atoms with Crippen LogP contribution in [0.2, 0.25) is 0 Å². The molecule has 4 saturated heterocycles. The van der Waals surface area contributed by atoms with Gasteiger partial charge in [-0.1, -0.05) is 13.8 Å². The van der Waals surface area contributed by atoms with Crippen LogP contribution in [0, 0.1) is 5.92 Å². The summed E-state index contributed by atoms with van der Waals surface area (Å²) in [6.45, 7) is 5.17. The van der Waals surface area contributed by atoms with E-state index in [1.165, 1.54) is 4.90 Å². The zero-order chi connectivity index (χ0) is 21.2. The molecule has 5 amide bonds. The molecule has 9 nitrogen and oxygen atoms in total. The SMILES string of the molecule is CC(C)[C@@H]1CO[C@@]23CCN(C(=O)c4ccc(N5CC(=O)NC5=O)cc4)[C@@H]2CC(=O)N13. The Bertz CT molecular complexity index is 945. The first-order valence-electron chi connectivity index (χ1n) is 10.3. The average molecular weight is 412 g/mol. The van der Waals surface area contributed by atoms with Crippen molar-refractivity contribution in [1.82, 2.24) is 15.1 Å². The van der Waals surface area contributed by atoms with Crippen LogP contribution >= 0.6 is 0 Å². The summed E-state index contributed by atoms with van der Waals surface area (Å²) in [6.07, 6.45) is 0.898. The van der Waals surface area contributed by atoms with E-state index in [-0.39, 0.29) is 42.8 Å². The van der Waals surface area contributed by atoms with Crippen molar-refractivity contribution in [2.45, 2.75) is 44.5 Å². The molecule has 4 heterocycles. The third-order valence-corrected chi connectivity index (χ3v) is 6.74. The van der Waals surface area contributed by atoms with Gasteiger partial charge >= 0.3 is 6.03 Å². The number of rotatable bonds is 3. The van der Waals surface area contributed by atoms with Crippen LogP contribution in [-0.4, -0.2) is 71.1 Å². The van der Waals surface area contributed by atoms with Crippen LogP contribution in [0.3, 0.4) is 0 Å². The lowest BCUT2D eigenvalue weighted by atomic mass is 10.0. The number of benzene rings is 1. The van der Waals surface area contributed by atoms with Crippen molar-refractivity contribution >= 4 is 29.4 Å². The summed E-state index contributed by atoms with van der Waals surface area (Å²) >= 11 is 0. The van der Waals surface area contributed by atoms with Gasteiger partial charge in [0.2, 0.25) is 11.8 Å². The molecule has 0 radical (unpaired) electrons. The molecule has 4 fully saturated rings. The number of likely N-dealkylation sites (tertiary alicyclic amines) is 1. The second-order valence-corrected chi connectivity index (χ2v) is 8.69. The number of nitrogens with zero attached hydrogens (tertiary/aromatic N) is 3. The largest absolute Gasteiger partial charge is 0.351 e. The number of hydrogen-bond donors (Lipinski definition) is 1. The molecular formula is C21H24N4O5. The number of amides is 5. The summed E-state index contributed by atoms with van der Waals surface area (Å²) in [7, 11) is 0. The Morgan fingerprint density at radius 3 is 2.57 bits per heavy atom. The van der Waals surface area contributed by atoms with E-state index in [1.54, 1.807) is 29.2 Å². The highest BCUT2D eigenvalue weighted by atomic mass is 16.5. The van der Waals surface area contributed by atoms with Crippen LogP contribution in [0.5, 0.6) is 0 Å². The van der Waals surface area contributed by atoms with E-state index in [2.05, 4.69) is 19.2 Å². The number of nitrogens with one attached hydrogen (secondary N) is 1. The van der Waals surface area contributed by atoms with Crippen molar-refractivity contribution in [2.75, 3.05) is 24.6 Å². The quantitative estimate of drug-likeness (QED) is 0.745. The lowest BCUT2D eigenvalue weighted by Crippen LogP contribution is -2.51. The molecule has 3 atom stereocenters. The maximum Gasteiger partial charge on any atom is 0.329 e. The van der Waals surface area contributed by atoms with E-state index in [4.69, 9.17) is 4.74 Å². The number of anilines is 1. The van der Waals surface area contributed by atoms with Gasteiger partial charge in [0, 0.05) is 24.2 Å². The summed E-state index contributed by atoms with van der Waals surface area (Å²) in [6, 6.07) is 5.91. The average Bonchev–Trinajstić information content (AvgIpc) is 3.42. The van der Waals surface area contributed by atoms with E-state index in [0.717, 1.165) is 0 Å². The zero-order valence-corrected chi connectivity index (χ0v) is 17.0. The monoisotopic (exact) mass is 412 g/mol. The number of urea groups is 1. The molecule has 1 N–H and O–H groups in total. The Morgan fingerprint density at radius 1 is 1.20 bits per heavy atom. The lowest BCUT2D eigenvalue weighted by molar-refractivity contribution is -0.139. The first-order chi connectivity index (χ1) is 14.3. The van der Waals surface area contributed by atoms with Crippen LogP contribution in [-0.2, 0) is 14.3 Å². The first kappa shape index (κ1) is 19.0. The molecule has 0 bridgehead atoms. The van der Waals surface area contributed by atoms with Gasteiger partial charge in [0.15, 0.2) is 5.72 Å². The predicted molar refractivity (Wildman–Crippen MR) is 106 cm³/mol. The van der Waals surface area contributed by atoms with Crippen molar-refractivity contribution in [2.24, 2.45) is 5.92 Å². The molecular weight excluding hydrogens is 388 g/mol. The van der Waals surface area contributed by atoms with E-state index < -0.39 is 11.8 Å². The Balaban J connectivity index is 1.36. The van der Waals surface area contributed by atoms with Gasteiger partial charge in [0.25, 0.3) is 5.91 Å². The molecule has 30 heavy (non-hydrogen) atoms. The maximum atomic E-state index is 13.2. The van der Waals surface area contributed by atoms with Gasteiger partial charge < -0.3 is 14.5 Å². The molecule has 158 valence electrons. The van der Waals surface area contributed by atoms with Gasteiger partial charge in [-0.05, 0) is 30.2 Å². The normalized spacial score (nSPS) is 30.4. The topological polar surface area (TPSA) is 99.3 Å². The van der Waals surface area contributed by atoms with E-state index in [1.807, 2.05) is 4.90 Å². The van der Waals surface area contributed by atoms with Gasteiger partial charge in [-0.25, -0.2) is 4.79 Å². The van der Waals surface area contributed by atoms with E-state index >= 15 is 0 Å². The molecule has 1 aromatic rings. The number of ether oxygens (including phenoxy) is 1. The Kier molecular flexibility index (Phi) is 4.15. The minimum Gasteiger partial charge on any atom is -0.351 e. The van der Waals surface area contributed by atoms with Crippen molar-refractivity contribution in [3.8, 4) is 0 Å². The van der Waals surface area contributed by atoms with Gasteiger partial charge in [-0.15, -0.1) is 0 Å². The smallest absolute Gasteiger partial charge is 0.329 e. The minimum absolute atomic E-state index is 0.0326. The molecule has 1 spiro atoms. The summed E-state index contributed by atoms with van der Waals surface area (Å²) in [4.78, 5) is 54.2. The summed E-state index contributed by atoms with van der Waals surface area (Å²) in [5.41, 5.74) is 0.329. The summed E-state index contributed by atoms with van der Waals surface area (Å²) < 4.78 is 6.19. The standard InChI is InChI=1S/C21H24N4O5/c1-12(2)15-11-30-21-7-8-23(16(21)9-18(27)25(15)21)19(28)13-3-5-14(6-4-13)24-10-17(26)22-20(24)29/h3-6,12,15-16H,7-11H2,1-2H3,(H,22,26,29)/t15-,16+,21-/m0/s1. The lowest BCUT2D eigenvalue weighted by Gasteiger charge is -2.34. The minimum atomic E-state index is -0.699. The molecule has 4 aliphatic rings. The fourth-order valence-electron chi connectivity index (χ4n) is 5.21. The third-order valence-electron chi connectivity index (χ3n) is 6.74. The Morgan fingerprint density at radius 2 is 1.93 bits per heavy atom. The Labute approximate surface area is 173 Å². The van der Waals surface area contributed by atoms with Gasteiger partial charge in [-0.2, -0.15) is 0 Å². The number of carbonyl (C=O) groups excluding carboxylic acids is 4. The van der Waals surface area contributed by atoms with Crippen molar-refractivity contribution in [1.29, 1.82) is 0 Å². The predicted octanol–water partition coefficient (Wildman–Crippen LogP) is 0.941. The molecule has 5 rings (SSSR count). The number of imide groups is 1. The second-order valence-electron chi connectivity index (χ2n) is 8.69. The van der Waals surface area contributed by atoms with Gasteiger partial charge in [0.1, 0.15) is 6.54 Å². The van der Waals surface area contributed by atoms with Crippen LogP contribution in [0.1, 0.15) is 37.0 Å². The fraction of sp³-hybridized carbons (Fsp3) is 0.524. The third kappa shape index (κ3) is 2.57. The van der Waals surface area contributed by atoms with Crippen LogP contribution in [0.4, 0.5) is 10.5 Å². The van der Waals surface area contributed by atoms with Gasteiger partial charge in [0.05, 0.1) is 25.1 Å². The fourth-order valence-corrected chi connectivity index (χ4v) is 5.21. The van der Waals surface area contributed by atoms with Crippen molar-refractivity contribution in [3.05, 3.63) is 29.8 Å². The van der Waals surface area contributed by atoms with Crippen LogP contribution < -0.4 is 10.2 Å². The maximum absolute atomic E-state index is 13.2. The number of carbonyl (C=O) groups is 4. The highest BCUT2D eigenvalue weighted by Gasteiger charge is 2.65. The van der Waals surface area contributed by atoms with Crippen LogP contribution in [0.15, 0.2) is 24.3 Å². The van der Waals surface area contributed by atoms with Crippen molar-refractivity contribution < 1.29 is 23.9 Å². The molecule has 4 aliphatic heterocycles. The molecule has 9 heteroatoms. The molecule has 0 unspecified atom stereocenters. The zero-order valence-electron chi connectivity index (χ0n) is 17.0. The van der Waals surface area contributed by atoms with Gasteiger partial charge in [-0.3, -0.25) is 24.6 Å².